The zero-order valence-corrected chi connectivity index (χ0v) is 11.1. The summed E-state index contributed by atoms with van der Waals surface area (Å²) in [6.07, 6.45) is 5.67. The SMILES string of the molecule is C#CC1CC(=O)N(c2nc3cc([N+](=O)[O-])ccc3s2)C1. The van der Waals surface area contributed by atoms with Gasteiger partial charge in [-0.25, -0.2) is 4.98 Å². The van der Waals surface area contributed by atoms with Gasteiger partial charge in [-0.2, -0.15) is 0 Å². The summed E-state index contributed by atoms with van der Waals surface area (Å²) >= 11 is 1.33. The van der Waals surface area contributed by atoms with Crippen LogP contribution in [0.1, 0.15) is 6.42 Å². The van der Waals surface area contributed by atoms with Gasteiger partial charge in [0.2, 0.25) is 5.91 Å². The molecule has 1 unspecified atom stereocenters. The van der Waals surface area contributed by atoms with Gasteiger partial charge >= 0.3 is 0 Å². The number of amides is 1. The van der Waals surface area contributed by atoms with Crippen LogP contribution in [0.15, 0.2) is 18.2 Å². The van der Waals surface area contributed by atoms with Crippen molar-refractivity contribution in [1.82, 2.24) is 4.98 Å². The Morgan fingerprint density at radius 3 is 3.00 bits per heavy atom. The number of non-ortho nitro benzene ring substituents is 1. The van der Waals surface area contributed by atoms with Crippen LogP contribution < -0.4 is 4.90 Å². The third-order valence-corrected chi connectivity index (χ3v) is 4.22. The van der Waals surface area contributed by atoms with Gasteiger partial charge in [-0.1, -0.05) is 11.3 Å². The molecule has 0 radical (unpaired) electrons. The largest absolute Gasteiger partial charge is 0.287 e. The zero-order chi connectivity index (χ0) is 14.3. The molecular weight excluding hydrogens is 278 g/mol. The van der Waals surface area contributed by atoms with Crippen molar-refractivity contribution in [2.75, 3.05) is 11.4 Å². The van der Waals surface area contributed by atoms with E-state index in [9.17, 15) is 14.9 Å². The van der Waals surface area contributed by atoms with Gasteiger partial charge in [-0.15, -0.1) is 12.3 Å². The smallest absolute Gasteiger partial charge is 0.271 e. The lowest BCUT2D eigenvalue weighted by Crippen LogP contribution is -2.24. The number of aromatic nitrogens is 1. The van der Waals surface area contributed by atoms with Gasteiger partial charge in [0.25, 0.3) is 5.69 Å². The molecule has 3 rings (SSSR count). The first-order valence-corrected chi connectivity index (χ1v) is 6.71. The summed E-state index contributed by atoms with van der Waals surface area (Å²) in [6.45, 7) is 0.456. The molecule has 0 saturated carbocycles. The number of carbonyl (C=O) groups excluding carboxylic acids is 1. The number of nitro groups is 1. The van der Waals surface area contributed by atoms with Gasteiger partial charge in [0.15, 0.2) is 5.13 Å². The Morgan fingerprint density at radius 1 is 1.55 bits per heavy atom. The maximum Gasteiger partial charge on any atom is 0.271 e. The minimum atomic E-state index is -0.464. The highest BCUT2D eigenvalue weighted by Crippen LogP contribution is 2.33. The fourth-order valence-electron chi connectivity index (χ4n) is 2.14. The zero-order valence-electron chi connectivity index (χ0n) is 10.3. The van der Waals surface area contributed by atoms with Crippen molar-refractivity contribution < 1.29 is 9.72 Å². The van der Waals surface area contributed by atoms with Gasteiger partial charge in [0, 0.05) is 31.0 Å². The van der Waals surface area contributed by atoms with Gasteiger partial charge in [-0.05, 0) is 6.07 Å². The van der Waals surface area contributed by atoms with Crippen LogP contribution in [0.3, 0.4) is 0 Å². The van der Waals surface area contributed by atoms with Crippen LogP contribution in [0.4, 0.5) is 10.8 Å². The molecule has 1 fully saturated rings. The Morgan fingerprint density at radius 2 is 2.35 bits per heavy atom. The number of benzene rings is 1. The summed E-state index contributed by atoms with van der Waals surface area (Å²) in [5.74, 6) is 2.43. The van der Waals surface area contributed by atoms with Gasteiger partial charge < -0.3 is 0 Å². The fraction of sp³-hybridized carbons (Fsp3) is 0.231. The van der Waals surface area contributed by atoms with E-state index in [1.165, 1.54) is 23.5 Å². The predicted octanol–water partition coefficient (Wildman–Crippen LogP) is 2.19. The van der Waals surface area contributed by atoms with Gasteiger partial charge in [-0.3, -0.25) is 19.8 Å². The number of terminal acetylenes is 1. The maximum absolute atomic E-state index is 11.9. The molecule has 0 N–H and O–H groups in total. The number of carbonyl (C=O) groups is 1. The molecule has 2 heterocycles. The first-order valence-electron chi connectivity index (χ1n) is 5.90. The van der Waals surface area contributed by atoms with Crippen LogP contribution in [-0.2, 0) is 4.79 Å². The van der Waals surface area contributed by atoms with Crippen LogP contribution in [0, 0.1) is 28.4 Å². The molecule has 2 aromatic rings. The Bertz CT molecular complexity index is 762. The van der Waals surface area contributed by atoms with Crippen LogP contribution >= 0.6 is 11.3 Å². The topological polar surface area (TPSA) is 76.3 Å². The number of hydrogen-bond donors (Lipinski definition) is 0. The summed E-state index contributed by atoms with van der Waals surface area (Å²) in [7, 11) is 0. The molecule has 0 spiro atoms. The average molecular weight is 287 g/mol. The first kappa shape index (κ1) is 12.6. The number of nitrogens with zero attached hydrogens (tertiary/aromatic N) is 3. The standard InChI is InChI=1S/C13H9N3O3S/c1-2-8-5-12(17)15(7-8)13-14-10-6-9(16(18)19)3-4-11(10)20-13/h1,3-4,6,8H,5,7H2. The number of thiazole rings is 1. The number of anilines is 1. The monoisotopic (exact) mass is 287 g/mol. The third-order valence-electron chi connectivity index (χ3n) is 3.16. The molecule has 1 aliphatic heterocycles. The molecule has 100 valence electrons. The molecule has 6 nitrogen and oxygen atoms in total. The molecule has 1 atom stereocenters. The van der Waals surface area contributed by atoms with Crippen molar-refractivity contribution in [2.45, 2.75) is 6.42 Å². The summed E-state index contributed by atoms with van der Waals surface area (Å²) in [6, 6.07) is 4.49. The van der Waals surface area contributed by atoms with Crippen molar-refractivity contribution >= 4 is 38.3 Å². The maximum atomic E-state index is 11.9. The van der Waals surface area contributed by atoms with E-state index in [1.54, 1.807) is 11.0 Å². The van der Waals surface area contributed by atoms with E-state index >= 15 is 0 Å². The van der Waals surface area contributed by atoms with Gasteiger partial charge in [0.1, 0.15) is 0 Å². The quantitative estimate of drug-likeness (QED) is 0.482. The minimum absolute atomic E-state index is 0.0106. The van der Waals surface area contributed by atoms with E-state index in [0.717, 1.165) is 4.70 Å². The molecule has 1 aliphatic rings. The van der Waals surface area contributed by atoms with E-state index in [4.69, 9.17) is 6.42 Å². The number of rotatable bonds is 2. The van der Waals surface area contributed by atoms with Crippen LogP contribution in [0.25, 0.3) is 10.2 Å². The lowest BCUT2D eigenvalue weighted by atomic mass is 10.1. The Labute approximate surface area is 118 Å². The molecule has 0 bridgehead atoms. The van der Waals surface area contributed by atoms with Crippen molar-refractivity contribution in [1.29, 1.82) is 0 Å². The second-order valence-corrected chi connectivity index (χ2v) is 5.49. The summed E-state index contributed by atoms with van der Waals surface area (Å²) in [4.78, 5) is 28.0. The van der Waals surface area contributed by atoms with E-state index in [0.29, 0.717) is 23.6 Å². The Balaban J connectivity index is 1.99. The molecule has 20 heavy (non-hydrogen) atoms. The normalized spacial score (nSPS) is 18.4. The highest BCUT2D eigenvalue weighted by atomic mass is 32.1. The van der Waals surface area contributed by atoms with Crippen molar-refractivity contribution in [2.24, 2.45) is 5.92 Å². The van der Waals surface area contributed by atoms with Crippen molar-refractivity contribution in [3.8, 4) is 12.3 Å². The molecule has 1 saturated heterocycles. The highest BCUT2D eigenvalue weighted by molar-refractivity contribution is 7.22. The summed E-state index contributed by atoms with van der Waals surface area (Å²) < 4.78 is 0.808. The van der Waals surface area contributed by atoms with Crippen molar-refractivity contribution in [3.63, 3.8) is 0 Å². The lowest BCUT2D eigenvalue weighted by molar-refractivity contribution is -0.384. The minimum Gasteiger partial charge on any atom is -0.287 e. The molecule has 1 aromatic carbocycles. The van der Waals surface area contributed by atoms with Crippen LogP contribution in [0.5, 0.6) is 0 Å². The number of fused-ring (bicyclic) bond motifs is 1. The van der Waals surface area contributed by atoms with Crippen LogP contribution in [0.2, 0.25) is 0 Å². The summed E-state index contributed by atoms with van der Waals surface area (Å²) in [5.41, 5.74) is 0.514. The van der Waals surface area contributed by atoms with E-state index in [1.807, 2.05) is 0 Å². The predicted molar refractivity (Wildman–Crippen MR) is 75.6 cm³/mol. The number of hydrogen-bond acceptors (Lipinski definition) is 5. The summed E-state index contributed by atoms with van der Waals surface area (Å²) in [5, 5.41) is 11.3. The van der Waals surface area contributed by atoms with Crippen molar-refractivity contribution in [3.05, 3.63) is 28.3 Å². The molecule has 0 aliphatic carbocycles. The Hall–Kier alpha value is -2.46. The van der Waals surface area contributed by atoms with Gasteiger partial charge in [0.05, 0.1) is 15.1 Å². The third kappa shape index (κ3) is 2.00. The average Bonchev–Trinajstić information content (AvgIpc) is 3.00. The van der Waals surface area contributed by atoms with E-state index in [-0.39, 0.29) is 17.5 Å². The van der Waals surface area contributed by atoms with E-state index in [2.05, 4.69) is 10.9 Å². The molecule has 1 aromatic heterocycles. The molecule has 7 heteroatoms. The highest BCUT2D eigenvalue weighted by Gasteiger charge is 2.31. The Kier molecular flexibility index (Phi) is 2.88. The fourth-order valence-corrected chi connectivity index (χ4v) is 3.11. The first-order chi connectivity index (χ1) is 9.58. The molecular formula is C13H9N3O3S. The second-order valence-electron chi connectivity index (χ2n) is 4.48. The van der Waals surface area contributed by atoms with Crippen LogP contribution in [-0.4, -0.2) is 22.4 Å². The second kappa shape index (κ2) is 4.58. The number of nitro benzene ring substituents is 1. The lowest BCUT2D eigenvalue weighted by Gasteiger charge is -2.10. The molecule has 1 amide bonds. The van der Waals surface area contributed by atoms with E-state index < -0.39 is 4.92 Å².